The van der Waals surface area contributed by atoms with Gasteiger partial charge in [0, 0.05) is 17.3 Å². The minimum absolute atomic E-state index is 0.324. The maximum Gasteiger partial charge on any atom is 0.184 e. The average Bonchev–Trinajstić information content (AvgIpc) is 2.11. The minimum atomic E-state index is -3.04. The monoisotopic (exact) mass is 177 g/mol. The van der Waals surface area contributed by atoms with E-state index < -0.39 is 9.84 Å². The quantitative estimate of drug-likeness (QED) is 0.688. The Labute approximate surface area is 63.4 Å². The lowest BCUT2D eigenvalue weighted by atomic mass is 10.6. The summed E-state index contributed by atoms with van der Waals surface area (Å²) < 4.78 is 21.9. The van der Waals surface area contributed by atoms with Gasteiger partial charge in [-0.15, -0.1) is 11.3 Å². The fraction of sp³-hybridized carbons (Fsp3) is 0.200. The van der Waals surface area contributed by atoms with Crippen molar-refractivity contribution in [2.24, 2.45) is 0 Å². The molecule has 3 nitrogen and oxygen atoms in total. The summed E-state index contributed by atoms with van der Waals surface area (Å²) >= 11 is 1.14. The smallest absolute Gasteiger partial charge is 0.184 e. The second kappa shape index (κ2) is 2.25. The molecule has 0 aliphatic carbocycles. The molecule has 0 atom stereocenters. The molecule has 0 fully saturated rings. The van der Waals surface area contributed by atoms with Gasteiger partial charge < -0.3 is 5.73 Å². The van der Waals surface area contributed by atoms with Crippen LogP contribution in [0.3, 0.4) is 0 Å². The van der Waals surface area contributed by atoms with E-state index in [0.717, 1.165) is 17.6 Å². The Kier molecular flexibility index (Phi) is 1.70. The van der Waals surface area contributed by atoms with Crippen LogP contribution in [-0.4, -0.2) is 14.7 Å². The molecule has 5 heteroatoms. The van der Waals surface area contributed by atoms with Crippen LogP contribution in [0.15, 0.2) is 15.7 Å². The van der Waals surface area contributed by atoms with Crippen LogP contribution in [0, 0.1) is 0 Å². The molecule has 2 N–H and O–H groups in total. The summed E-state index contributed by atoms with van der Waals surface area (Å²) in [7, 11) is -3.04. The normalized spacial score (nSPS) is 11.7. The zero-order chi connectivity index (χ0) is 7.78. The van der Waals surface area contributed by atoms with Crippen LogP contribution in [0.5, 0.6) is 0 Å². The van der Waals surface area contributed by atoms with Gasteiger partial charge in [-0.25, -0.2) is 8.42 Å². The van der Waals surface area contributed by atoms with Crippen molar-refractivity contribution in [1.82, 2.24) is 0 Å². The molecule has 1 heterocycles. The van der Waals surface area contributed by atoms with Crippen LogP contribution < -0.4 is 5.73 Å². The third kappa shape index (κ3) is 1.48. The van der Waals surface area contributed by atoms with Crippen LogP contribution in [0.1, 0.15) is 0 Å². The van der Waals surface area contributed by atoms with Gasteiger partial charge in [0.15, 0.2) is 9.84 Å². The Balaban J connectivity index is 3.21. The van der Waals surface area contributed by atoms with Crippen molar-refractivity contribution in [2.75, 3.05) is 12.0 Å². The molecule has 0 unspecified atom stereocenters. The van der Waals surface area contributed by atoms with Crippen molar-refractivity contribution in [3.8, 4) is 0 Å². The first-order valence-corrected chi connectivity index (χ1v) is 5.31. The predicted octanol–water partition coefficient (Wildman–Crippen LogP) is 0.734. The van der Waals surface area contributed by atoms with E-state index in [-0.39, 0.29) is 0 Å². The third-order valence-electron chi connectivity index (χ3n) is 0.961. The highest BCUT2D eigenvalue weighted by molar-refractivity contribution is 7.92. The molecule has 0 aromatic carbocycles. The molecular formula is C5H7NO2S2. The van der Waals surface area contributed by atoms with E-state index in [1.807, 2.05) is 0 Å². The molecular weight excluding hydrogens is 170 g/mol. The fourth-order valence-electron chi connectivity index (χ4n) is 0.525. The highest BCUT2D eigenvalue weighted by Crippen LogP contribution is 2.20. The predicted molar refractivity (Wildman–Crippen MR) is 41.8 cm³/mol. The van der Waals surface area contributed by atoms with Gasteiger partial charge in [0.2, 0.25) is 0 Å². The molecule has 10 heavy (non-hydrogen) atoms. The van der Waals surface area contributed by atoms with Crippen molar-refractivity contribution in [2.45, 2.75) is 4.21 Å². The van der Waals surface area contributed by atoms with E-state index in [1.54, 1.807) is 5.38 Å². The number of sulfone groups is 1. The lowest BCUT2D eigenvalue weighted by Crippen LogP contribution is -1.92. The van der Waals surface area contributed by atoms with Gasteiger partial charge in [0.1, 0.15) is 4.21 Å². The Morgan fingerprint density at radius 3 is 2.40 bits per heavy atom. The van der Waals surface area contributed by atoms with E-state index in [4.69, 9.17) is 5.73 Å². The molecule has 1 aromatic heterocycles. The van der Waals surface area contributed by atoms with Gasteiger partial charge in [-0.3, -0.25) is 0 Å². The lowest BCUT2D eigenvalue weighted by molar-refractivity contribution is 0.604. The maximum absolute atomic E-state index is 10.8. The molecule has 0 saturated heterocycles. The standard InChI is InChI=1S/C5H7NO2S2/c1-10(7,8)5-2-4(6)3-9-5/h2-3H,6H2,1H3. The maximum atomic E-state index is 10.8. The Bertz CT molecular complexity index is 325. The third-order valence-corrected chi connectivity index (χ3v) is 3.75. The topological polar surface area (TPSA) is 60.2 Å². The van der Waals surface area contributed by atoms with Gasteiger partial charge in [-0.2, -0.15) is 0 Å². The molecule has 1 rings (SSSR count). The second-order valence-electron chi connectivity index (χ2n) is 1.97. The zero-order valence-corrected chi connectivity index (χ0v) is 7.00. The molecule has 0 aliphatic rings. The number of nitrogens with two attached hydrogens (primary N) is 1. The number of anilines is 1. The summed E-state index contributed by atoms with van der Waals surface area (Å²) in [6, 6.07) is 1.46. The summed E-state index contributed by atoms with van der Waals surface area (Å²) in [5.74, 6) is 0. The van der Waals surface area contributed by atoms with Crippen molar-refractivity contribution in [3.05, 3.63) is 11.4 Å². The van der Waals surface area contributed by atoms with Gasteiger partial charge in [-0.1, -0.05) is 0 Å². The number of rotatable bonds is 1. The molecule has 0 bridgehead atoms. The summed E-state index contributed by atoms with van der Waals surface area (Å²) in [5.41, 5.74) is 5.83. The van der Waals surface area contributed by atoms with Gasteiger partial charge in [0.05, 0.1) is 0 Å². The first-order chi connectivity index (χ1) is 4.50. The van der Waals surface area contributed by atoms with Gasteiger partial charge in [-0.05, 0) is 6.07 Å². The first-order valence-electron chi connectivity index (χ1n) is 2.54. The van der Waals surface area contributed by atoms with E-state index in [1.165, 1.54) is 6.07 Å². The molecule has 0 saturated carbocycles. The second-order valence-corrected chi connectivity index (χ2v) is 5.13. The summed E-state index contributed by atoms with van der Waals surface area (Å²) in [4.78, 5) is 0. The lowest BCUT2D eigenvalue weighted by Gasteiger charge is -1.86. The molecule has 1 aromatic rings. The van der Waals surface area contributed by atoms with Crippen LogP contribution in [0.25, 0.3) is 0 Å². The minimum Gasteiger partial charge on any atom is -0.398 e. The van der Waals surface area contributed by atoms with E-state index in [9.17, 15) is 8.42 Å². The van der Waals surface area contributed by atoms with Crippen molar-refractivity contribution >= 4 is 26.9 Å². The number of hydrogen-bond acceptors (Lipinski definition) is 4. The largest absolute Gasteiger partial charge is 0.398 e. The van der Waals surface area contributed by atoms with Crippen LogP contribution in [-0.2, 0) is 9.84 Å². The van der Waals surface area contributed by atoms with Crippen LogP contribution in [0.4, 0.5) is 5.69 Å². The number of nitrogen functional groups attached to an aromatic ring is 1. The van der Waals surface area contributed by atoms with E-state index >= 15 is 0 Å². The van der Waals surface area contributed by atoms with Crippen molar-refractivity contribution < 1.29 is 8.42 Å². The fourth-order valence-corrected chi connectivity index (χ4v) is 2.24. The number of thiophene rings is 1. The van der Waals surface area contributed by atoms with Crippen LogP contribution >= 0.6 is 11.3 Å². The van der Waals surface area contributed by atoms with E-state index in [2.05, 4.69) is 0 Å². The Hall–Kier alpha value is -0.550. The summed E-state index contributed by atoms with van der Waals surface area (Å²) in [6.45, 7) is 0. The highest BCUT2D eigenvalue weighted by atomic mass is 32.2. The van der Waals surface area contributed by atoms with Crippen molar-refractivity contribution in [3.63, 3.8) is 0 Å². The molecule has 0 spiro atoms. The van der Waals surface area contributed by atoms with E-state index in [0.29, 0.717) is 9.90 Å². The number of hydrogen-bond donors (Lipinski definition) is 1. The molecule has 0 amide bonds. The Morgan fingerprint density at radius 1 is 1.60 bits per heavy atom. The average molecular weight is 177 g/mol. The molecule has 56 valence electrons. The highest BCUT2D eigenvalue weighted by Gasteiger charge is 2.08. The van der Waals surface area contributed by atoms with Gasteiger partial charge in [0.25, 0.3) is 0 Å². The van der Waals surface area contributed by atoms with Crippen molar-refractivity contribution in [1.29, 1.82) is 0 Å². The molecule has 0 aliphatic heterocycles. The van der Waals surface area contributed by atoms with Crippen LogP contribution in [0.2, 0.25) is 0 Å². The SMILES string of the molecule is CS(=O)(=O)c1cc(N)cs1. The van der Waals surface area contributed by atoms with Gasteiger partial charge >= 0.3 is 0 Å². The molecule has 0 radical (unpaired) electrons. The summed E-state index contributed by atoms with van der Waals surface area (Å²) in [5, 5.41) is 1.61. The zero-order valence-electron chi connectivity index (χ0n) is 5.37. The first kappa shape index (κ1) is 7.56. The summed E-state index contributed by atoms with van der Waals surface area (Å²) in [6.07, 6.45) is 1.16. The Morgan fingerprint density at radius 2 is 2.20 bits per heavy atom.